The monoisotopic (exact) mass is 225 g/mol. The lowest BCUT2D eigenvalue weighted by Crippen LogP contribution is -1.96. The first-order valence-electron chi connectivity index (χ1n) is 6.03. The van der Waals surface area contributed by atoms with E-state index in [2.05, 4.69) is 56.3 Å². The minimum absolute atomic E-state index is 0.615. The molecular formula is C16H19N. The van der Waals surface area contributed by atoms with E-state index in [4.69, 9.17) is 5.73 Å². The fourth-order valence-corrected chi connectivity index (χ4v) is 1.94. The summed E-state index contributed by atoms with van der Waals surface area (Å²) in [5.41, 5.74) is 12.2. The van der Waals surface area contributed by atoms with Crippen molar-refractivity contribution in [2.24, 2.45) is 5.73 Å². The molecule has 0 unspecified atom stereocenters. The van der Waals surface area contributed by atoms with Crippen molar-refractivity contribution < 1.29 is 0 Å². The lowest BCUT2D eigenvalue weighted by molar-refractivity contribution is 1.06. The largest absolute Gasteiger partial charge is 0.326 e. The predicted molar refractivity (Wildman–Crippen MR) is 73.1 cm³/mol. The molecule has 0 aliphatic carbocycles. The molecule has 0 heterocycles. The Hall–Kier alpha value is -1.60. The summed E-state index contributed by atoms with van der Waals surface area (Å²) < 4.78 is 0. The van der Waals surface area contributed by atoms with Crippen molar-refractivity contribution in [2.75, 3.05) is 0 Å². The molecule has 0 fully saturated rings. The van der Waals surface area contributed by atoms with Crippen LogP contribution in [-0.2, 0) is 13.0 Å². The van der Waals surface area contributed by atoms with Crippen LogP contribution in [-0.4, -0.2) is 0 Å². The zero-order valence-electron chi connectivity index (χ0n) is 10.5. The first-order chi connectivity index (χ1) is 8.19. The van der Waals surface area contributed by atoms with Crippen molar-refractivity contribution in [3.63, 3.8) is 0 Å². The number of benzene rings is 2. The number of aryl methyl sites for hydroxylation is 2. The normalized spacial score (nSPS) is 10.5. The summed E-state index contributed by atoms with van der Waals surface area (Å²) >= 11 is 0. The lowest BCUT2D eigenvalue weighted by Gasteiger charge is -2.06. The molecule has 0 amide bonds. The van der Waals surface area contributed by atoms with E-state index in [0.29, 0.717) is 6.54 Å². The van der Waals surface area contributed by atoms with Gasteiger partial charge in [-0.3, -0.25) is 0 Å². The van der Waals surface area contributed by atoms with Gasteiger partial charge in [0.05, 0.1) is 0 Å². The minimum Gasteiger partial charge on any atom is -0.326 e. The summed E-state index contributed by atoms with van der Waals surface area (Å²) in [6.45, 7) is 4.93. The van der Waals surface area contributed by atoms with Gasteiger partial charge in [-0.15, -0.1) is 0 Å². The zero-order valence-corrected chi connectivity index (χ0v) is 10.5. The molecule has 0 aromatic heterocycles. The van der Waals surface area contributed by atoms with Crippen LogP contribution in [0, 0.1) is 13.8 Å². The Morgan fingerprint density at radius 3 is 1.94 bits per heavy atom. The predicted octanol–water partition coefficient (Wildman–Crippen LogP) is 3.35. The van der Waals surface area contributed by atoms with Crippen LogP contribution in [0.25, 0.3) is 0 Å². The van der Waals surface area contributed by atoms with E-state index in [0.717, 1.165) is 6.42 Å². The SMILES string of the molecule is Cc1ccc(Cc2ccc(CN)cc2)cc1C. The van der Waals surface area contributed by atoms with Crippen molar-refractivity contribution in [2.45, 2.75) is 26.8 Å². The topological polar surface area (TPSA) is 26.0 Å². The van der Waals surface area contributed by atoms with Gasteiger partial charge in [-0.2, -0.15) is 0 Å². The first-order valence-corrected chi connectivity index (χ1v) is 6.03. The maximum atomic E-state index is 5.59. The van der Waals surface area contributed by atoms with E-state index in [-0.39, 0.29) is 0 Å². The molecule has 1 heteroatoms. The minimum atomic E-state index is 0.615. The molecule has 2 N–H and O–H groups in total. The number of hydrogen-bond donors (Lipinski definition) is 1. The highest BCUT2D eigenvalue weighted by atomic mass is 14.5. The van der Waals surface area contributed by atoms with Gasteiger partial charge in [0, 0.05) is 6.54 Å². The van der Waals surface area contributed by atoms with Gasteiger partial charge in [0.25, 0.3) is 0 Å². The third-order valence-electron chi connectivity index (χ3n) is 3.24. The molecule has 0 spiro atoms. The Morgan fingerprint density at radius 1 is 0.765 bits per heavy atom. The highest BCUT2D eigenvalue weighted by Gasteiger charge is 1.99. The third kappa shape index (κ3) is 2.95. The molecule has 0 atom stereocenters. The Morgan fingerprint density at radius 2 is 1.35 bits per heavy atom. The molecule has 2 aromatic carbocycles. The molecule has 2 rings (SSSR count). The van der Waals surface area contributed by atoms with E-state index in [1.807, 2.05) is 0 Å². The molecule has 0 bridgehead atoms. The van der Waals surface area contributed by atoms with E-state index >= 15 is 0 Å². The van der Waals surface area contributed by atoms with Crippen molar-refractivity contribution in [1.29, 1.82) is 0 Å². The molecular weight excluding hydrogens is 206 g/mol. The molecule has 0 aliphatic heterocycles. The second-order valence-corrected chi connectivity index (χ2v) is 4.62. The average molecular weight is 225 g/mol. The van der Waals surface area contributed by atoms with Crippen molar-refractivity contribution in [3.05, 3.63) is 70.3 Å². The fraction of sp³-hybridized carbons (Fsp3) is 0.250. The molecule has 88 valence electrons. The second-order valence-electron chi connectivity index (χ2n) is 4.62. The Balaban J connectivity index is 2.16. The van der Waals surface area contributed by atoms with Crippen LogP contribution in [0.1, 0.15) is 27.8 Å². The quantitative estimate of drug-likeness (QED) is 0.851. The van der Waals surface area contributed by atoms with E-state index in [9.17, 15) is 0 Å². The van der Waals surface area contributed by atoms with Gasteiger partial charge < -0.3 is 5.73 Å². The molecule has 0 saturated carbocycles. The van der Waals surface area contributed by atoms with Crippen molar-refractivity contribution in [3.8, 4) is 0 Å². The van der Waals surface area contributed by atoms with Gasteiger partial charge in [0.2, 0.25) is 0 Å². The van der Waals surface area contributed by atoms with Gasteiger partial charge >= 0.3 is 0 Å². The maximum absolute atomic E-state index is 5.59. The summed E-state index contributed by atoms with van der Waals surface area (Å²) in [5.74, 6) is 0. The van der Waals surface area contributed by atoms with E-state index < -0.39 is 0 Å². The second kappa shape index (κ2) is 5.15. The summed E-state index contributed by atoms with van der Waals surface area (Å²) in [4.78, 5) is 0. The van der Waals surface area contributed by atoms with Gasteiger partial charge in [0.15, 0.2) is 0 Å². The van der Waals surface area contributed by atoms with Crippen LogP contribution in [0.3, 0.4) is 0 Å². The van der Waals surface area contributed by atoms with E-state index in [1.54, 1.807) is 0 Å². The van der Waals surface area contributed by atoms with Crippen LogP contribution in [0.15, 0.2) is 42.5 Å². The standard InChI is InChI=1S/C16H19N/c1-12-3-4-16(9-13(12)2)10-14-5-7-15(11-17)8-6-14/h3-9H,10-11,17H2,1-2H3. The lowest BCUT2D eigenvalue weighted by atomic mass is 10.00. The molecule has 1 nitrogen and oxygen atoms in total. The molecule has 0 saturated heterocycles. The molecule has 2 aromatic rings. The van der Waals surface area contributed by atoms with Crippen LogP contribution in [0.5, 0.6) is 0 Å². The van der Waals surface area contributed by atoms with Gasteiger partial charge in [0.1, 0.15) is 0 Å². The smallest absolute Gasteiger partial charge is 0.0178 e. The van der Waals surface area contributed by atoms with Crippen LogP contribution in [0.2, 0.25) is 0 Å². The molecule has 0 aliphatic rings. The maximum Gasteiger partial charge on any atom is 0.0178 e. The number of hydrogen-bond acceptors (Lipinski definition) is 1. The first kappa shape index (κ1) is 11.9. The van der Waals surface area contributed by atoms with Crippen LogP contribution in [0.4, 0.5) is 0 Å². The van der Waals surface area contributed by atoms with Gasteiger partial charge in [-0.1, -0.05) is 42.5 Å². The summed E-state index contributed by atoms with van der Waals surface area (Å²) in [6, 6.07) is 15.2. The third-order valence-corrected chi connectivity index (χ3v) is 3.24. The Bertz CT molecular complexity index is 497. The number of rotatable bonds is 3. The fourth-order valence-electron chi connectivity index (χ4n) is 1.94. The number of nitrogens with two attached hydrogens (primary N) is 1. The average Bonchev–Trinajstić information content (AvgIpc) is 2.35. The molecule has 0 radical (unpaired) electrons. The highest BCUT2D eigenvalue weighted by Crippen LogP contribution is 2.14. The summed E-state index contributed by atoms with van der Waals surface area (Å²) in [5, 5.41) is 0. The van der Waals surface area contributed by atoms with Crippen molar-refractivity contribution >= 4 is 0 Å². The summed E-state index contributed by atoms with van der Waals surface area (Å²) in [6.07, 6.45) is 0.992. The Labute approximate surface area is 103 Å². The van der Waals surface area contributed by atoms with Gasteiger partial charge in [-0.25, -0.2) is 0 Å². The summed E-state index contributed by atoms with van der Waals surface area (Å²) in [7, 11) is 0. The Kier molecular flexibility index (Phi) is 3.60. The van der Waals surface area contributed by atoms with E-state index in [1.165, 1.54) is 27.8 Å². The molecule has 17 heavy (non-hydrogen) atoms. The van der Waals surface area contributed by atoms with Gasteiger partial charge in [-0.05, 0) is 48.1 Å². The van der Waals surface area contributed by atoms with Crippen LogP contribution >= 0.6 is 0 Å². The zero-order chi connectivity index (χ0) is 12.3. The van der Waals surface area contributed by atoms with Crippen molar-refractivity contribution in [1.82, 2.24) is 0 Å². The highest BCUT2D eigenvalue weighted by molar-refractivity contribution is 5.34. The van der Waals surface area contributed by atoms with Crippen LogP contribution < -0.4 is 5.73 Å².